The molecule has 7 heteroatoms. The molecule has 3 N–H and O–H groups in total. The van der Waals surface area contributed by atoms with Crippen LogP contribution in [0, 0.1) is 19.7 Å². The van der Waals surface area contributed by atoms with Gasteiger partial charge in [-0.25, -0.2) is 9.18 Å². The summed E-state index contributed by atoms with van der Waals surface area (Å²) in [5, 5.41) is 9.67. The number of primary amides is 1. The molecule has 1 atom stereocenters. The molecule has 1 aliphatic rings. The van der Waals surface area contributed by atoms with Gasteiger partial charge in [-0.2, -0.15) is 0 Å². The van der Waals surface area contributed by atoms with Gasteiger partial charge in [-0.15, -0.1) is 0 Å². The van der Waals surface area contributed by atoms with Crippen LogP contribution in [-0.2, 0) is 9.59 Å². The number of benzene rings is 2. The molecule has 3 rings (SSSR count). The number of carboxylic acid groups (broad SMARTS) is 1. The van der Waals surface area contributed by atoms with Crippen molar-refractivity contribution in [3.05, 3.63) is 76.2 Å². The van der Waals surface area contributed by atoms with E-state index in [0.29, 0.717) is 27.9 Å². The molecule has 0 aliphatic carbocycles. The van der Waals surface area contributed by atoms with Crippen molar-refractivity contribution in [3.63, 3.8) is 0 Å². The molecule has 0 bridgehead atoms. The fourth-order valence-electron chi connectivity index (χ4n) is 3.41. The number of carbonyl (C=O) groups is 3. The van der Waals surface area contributed by atoms with Crippen LogP contribution < -0.4 is 10.6 Å². The lowest BCUT2D eigenvalue weighted by molar-refractivity contribution is -0.133. The Bertz CT molecular complexity index is 1010. The SMILES string of the molecule is Cc1cc(N2C=C(C(=O)O)C(c3ccc(F)cc3)CC2=O)c(C)cc1C(N)=O. The first-order valence-electron chi connectivity index (χ1n) is 8.62. The number of aliphatic carboxylic acids is 1. The Morgan fingerprint density at radius 3 is 2.36 bits per heavy atom. The second-order valence-electron chi connectivity index (χ2n) is 6.78. The number of halogens is 1. The first-order chi connectivity index (χ1) is 13.2. The second-order valence-corrected chi connectivity index (χ2v) is 6.78. The summed E-state index contributed by atoms with van der Waals surface area (Å²) in [6.45, 7) is 3.41. The lowest BCUT2D eigenvalue weighted by Crippen LogP contribution is -2.35. The Labute approximate surface area is 161 Å². The summed E-state index contributed by atoms with van der Waals surface area (Å²) in [4.78, 5) is 37.5. The highest BCUT2D eigenvalue weighted by Crippen LogP contribution is 2.36. The van der Waals surface area contributed by atoms with E-state index in [9.17, 15) is 23.9 Å². The molecular weight excluding hydrogens is 363 g/mol. The molecule has 0 fully saturated rings. The van der Waals surface area contributed by atoms with E-state index in [1.54, 1.807) is 26.0 Å². The van der Waals surface area contributed by atoms with Crippen molar-refractivity contribution < 1.29 is 23.9 Å². The molecule has 144 valence electrons. The summed E-state index contributed by atoms with van der Waals surface area (Å²) in [5.74, 6) is -3.14. The van der Waals surface area contributed by atoms with Crippen LogP contribution in [0.15, 0.2) is 48.2 Å². The van der Waals surface area contributed by atoms with Crippen LogP contribution in [0.5, 0.6) is 0 Å². The Balaban J connectivity index is 2.08. The fraction of sp³-hybridized carbons (Fsp3) is 0.190. The number of hydrogen-bond donors (Lipinski definition) is 2. The third kappa shape index (κ3) is 3.51. The molecule has 2 aromatic carbocycles. The zero-order chi connectivity index (χ0) is 20.6. The molecular formula is C21H19FN2O4. The molecule has 2 aromatic rings. The molecule has 1 aliphatic heterocycles. The van der Waals surface area contributed by atoms with Crippen molar-refractivity contribution in [3.8, 4) is 0 Å². The van der Waals surface area contributed by atoms with E-state index in [-0.39, 0.29) is 17.9 Å². The molecule has 1 unspecified atom stereocenters. The number of aryl methyl sites for hydroxylation is 2. The number of amides is 2. The summed E-state index contributed by atoms with van der Waals surface area (Å²) < 4.78 is 13.2. The molecule has 0 saturated heterocycles. The Morgan fingerprint density at radius 1 is 1.14 bits per heavy atom. The molecule has 2 amide bonds. The summed E-state index contributed by atoms with van der Waals surface area (Å²) in [5.41, 5.74) is 7.99. The summed E-state index contributed by atoms with van der Waals surface area (Å²) in [7, 11) is 0. The van der Waals surface area contributed by atoms with Crippen molar-refractivity contribution in [1.82, 2.24) is 0 Å². The molecule has 1 heterocycles. The monoisotopic (exact) mass is 382 g/mol. The standard InChI is InChI=1S/C21H19FN2O4/c1-11-8-18(12(2)7-15(11)20(23)26)24-10-17(21(27)28)16(9-19(24)25)13-3-5-14(22)6-4-13/h3-8,10,16H,9H2,1-2H3,(H2,23,26)(H,27,28). The van der Waals surface area contributed by atoms with Crippen LogP contribution in [0.3, 0.4) is 0 Å². The predicted octanol–water partition coefficient (Wildman–Crippen LogP) is 3.03. The lowest BCUT2D eigenvalue weighted by atomic mass is 9.85. The number of anilines is 1. The normalized spacial score (nSPS) is 16.7. The first kappa shape index (κ1) is 19.3. The second kappa shape index (κ2) is 7.26. The molecule has 6 nitrogen and oxygen atoms in total. The van der Waals surface area contributed by atoms with Crippen LogP contribution in [0.4, 0.5) is 10.1 Å². The predicted molar refractivity (Wildman–Crippen MR) is 101 cm³/mol. The largest absolute Gasteiger partial charge is 0.478 e. The smallest absolute Gasteiger partial charge is 0.333 e. The quantitative estimate of drug-likeness (QED) is 0.849. The third-order valence-corrected chi connectivity index (χ3v) is 4.88. The number of rotatable bonds is 4. The third-order valence-electron chi connectivity index (χ3n) is 4.88. The van der Waals surface area contributed by atoms with E-state index in [1.165, 1.54) is 35.4 Å². The minimum absolute atomic E-state index is 0.0299. The number of nitrogens with two attached hydrogens (primary N) is 1. The molecule has 0 aromatic heterocycles. The Morgan fingerprint density at radius 2 is 1.79 bits per heavy atom. The zero-order valence-electron chi connectivity index (χ0n) is 15.4. The molecule has 0 radical (unpaired) electrons. The highest BCUT2D eigenvalue weighted by atomic mass is 19.1. The van der Waals surface area contributed by atoms with Crippen molar-refractivity contribution >= 4 is 23.5 Å². The molecule has 0 saturated carbocycles. The van der Waals surface area contributed by atoms with E-state index in [1.807, 2.05) is 0 Å². The first-order valence-corrected chi connectivity index (χ1v) is 8.62. The Kier molecular flexibility index (Phi) is 5.00. The molecule has 28 heavy (non-hydrogen) atoms. The number of nitrogens with zero attached hydrogens (tertiary/aromatic N) is 1. The van der Waals surface area contributed by atoms with Gasteiger partial charge < -0.3 is 10.8 Å². The van der Waals surface area contributed by atoms with E-state index in [4.69, 9.17) is 5.73 Å². The van der Waals surface area contributed by atoms with Crippen LogP contribution in [-0.4, -0.2) is 22.9 Å². The number of carboxylic acids is 1. The van der Waals surface area contributed by atoms with Crippen LogP contribution in [0.25, 0.3) is 0 Å². The minimum atomic E-state index is -1.16. The van der Waals surface area contributed by atoms with Gasteiger partial charge in [0.2, 0.25) is 11.8 Å². The van der Waals surface area contributed by atoms with Gasteiger partial charge in [-0.3, -0.25) is 14.5 Å². The van der Waals surface area contributed by atoms with Gasteiger partial charge in [0.05, 0.1) is 11.3 Å². The highest BCUT2D eigenvalue weighted by molar-refractivity contribution is 6.03. The average molecular weight is 382 g/mol. The maximum atomic E-state index is 13.2. The van der Waals surface area contributed by atoms with E-state index in [0.717, 1.165) is 0 Å². The van der Waals surface area contributed by atoms with E-state index >= 15 is 0 Å². The van der Waals surface area contributed by atoms with Gasteiger partial charge in [0, 0.05) is 24.1 Å². The highest BCUT2D eigenvalue weighted by Gasteiger charge is 2.33. The van der Waals surface area contributed by atoms with Gasteiger partial charge in [-0.1, -0.05) is 12.1 Å². The van der Waals surface area contributed by atoms with Crippen molar-refractivity contribution in [1.29, 1.82) is 0 Å². The zero-order valence-corrected chi connectivity index (χ0v) is 15.4. The van der Waals surface area contributed by atoms with Crippen molar-refractivity contribution in [2.75, 3.05) is 4.90 Å². The topological polar surface area (TPSA) is 101 Å². The lowest BCUT2D eigenvalue weighted by Gasteiger charge is -2.31. The van der Waals surface area contributed by atoms with Gasteiger partial charge in [0.1, 0.15) is 5.82 Å². The van der Waals surface area contributed by atoms with Crippen molar-refractivity contribution in [2.24, 2.45) is 5.73 Å². The van der Waals surface area contributed by atoms with Gasteiger partial charge in [-0.05, 0) is 54.8 Å². The maximum absolute atomic E-state index is 13.2. The summed E-state index contributed by atoms with van der Waals surface area (Å²) >= 11 is 0. The molecule has 0 spiro atoms. The van der Waals surface area contributed by atoms with Gasteiger partial charge in [0.25, 0.3) is 0 Å². The van der Waals surface area contributed by atoms with Crippen LogP contribution in [0.2, 0.25) is 0 Å². The Hall–Kier alpha value is -3.48. The van der Waals surface area contributed by atoms with E-state index in [2.05, 4.69) is 0 Å². The van der Waals surface area contributed by atoms with Crippen LogP contribution >= 0.6 is 0 Å². The van der Waals surface area contributed by atoms with Crippen molar-refractivity contribution in [2.45, 2.75) is 26.2 Å². The van der Waals surface area contributed by atoms with Crippen LogP contribution in [0.1, 0.15) is 39.4 Å². The summed E-state index contributed by atoms with van der Waals surface area (Å²) in [6.07, 6.45) is 1.23. The number of carbonyl (C=O) groups excluding carboxylic acids is 2. The fourth-order valence-corrected chi connectivity index (χ4v) is 3.41. The average Bonchev–Trinajstić information content (AvgIpc) is 2.63. The minimum Gasteiger partial charge on any atom is -0.478 e. The summed E-state index contributed by atoms with van der Waals surface area (Å²) in [6, 6.07) is 8.67. The van der Waals surface area contributed by atoms with E-state index < -0.39 is 23.6 Å². The van der Waals surface area contributed by atoms with Gasteiger partial charge >= 0.3 is 5.97 Å². The van der Waals surface area contributed by atoms with Gasteiger partial charge in [0.15, 0.2) is 0 Å². The number of hydrogen-bond acceptors (Lipinski definition) is 3. The maximum Gasteiger partial charge on any atom is 0.333 e.